The third-order valence-corrected chi connectivity index (χ3v) is 4.77. The maximum absolute atomic E-state index is 5.68. The van der Waals surface area contributed by atoms with Crippen molar-refractivity contribution in [3.8, 4) is 23.0 Å². The molecule has 128 valence electrons. The Morgan fingerprint density at radius 1 is 1.08 bits per heavy atom. The van der Waals surface area contributed by atoms with Crippen LogP contribution in [0.3, 0.4) is 0 Å². The van der Waals surface area contributed by atoms with Gasteiger partial charge in [0.05, 0.1) is 6.67 Å². The van der Waals surface area contributed by atoms with Crippen LogP contribution in [0.5, 0.6) is 11.5 Å². The minimum atomic E-state index is 0.250. The van der Waals surface area contributed by atoms with Crippen LogP contribution in [-0.4, -0.2) is 59.1 Å². The molecule has 0 amide bonds. The average molecular weight is 348 g/mol. The van der Waals surface area contributed by atoms with Gasteiger partial charge in [0, 0.05) is 31.7 Å². The second kappa shape index (κ2) is 6.54. The molecule has 2 aliphatic heterocycles. The molecule has 3 heterocycles. The molecule has 0 spiro atoms. The lowest BCUT2D eigenvalue weighted by Crippen LogP contribution is -2.46. The monoisotopic (exact) mass is 348 g/mol. The molecular weight excluding hydrogens is 328 g/mol. The normalized spacial score (nSPS) is 18.2. The molecule has 0 radical (unpaired) electrons. The number of piperazine rings is 1. The zero-order valence-corrected chi connectivity index (χ0v) is 14.4. The molecule has 8 heteroatoms. The zero-order chi connectivity index (χ0) is 16.5. The summed E-state index contributed by atoms with van der Waals surface area (Å²) in [5.41, 5.74) is 0.833. The highest BCUT2D eigenvalue weighted by molar-refractivity contribution is 7.71. The molecule has 0 aliphatic carbocycles. The van der Waals surface area contributed by atoms with E-state index in [2.05, 4.69) is 21.8 Å². The molecule has 4 rings (SSSR count). The first kappa shape index (κ1) is 15.6. The number of hydrogen-bond acceptors (Lipinski definition) is 7. The molecule has 1 aromatic heterocycles. The zero-order valence-electron chi connectivity index (χ0n) is 13.6. The Balaban J connectivity index is 1.50. The first-order valence-corrected chi connectivity index (χ1v) is 8.56. The quantitative estimate of drug-likeness (QED) is 0.785. The number of aromatic nitrogens is 2. The van der Waals surface area contributed by atoms with Crippen LogP contribution in [0.2, 0.25) is 0 Å². The third-order valence-electron chi connectivity index (χ3n) is 4.47. The highest BCUT2D eigenvalue weighted by atomic mass is 32.1. The molecular formula is C16H20N4O3S. The van der Waals surface area contributed by atoms with Crippen molar-refractivity contribution in [2.75, 3.05) is 39.5 Å². The van der Waals surface area contributed by atoms with Crippen LogP contribution >= 0.6 is 12.2 Å². The van der Waals surface area contributed by atoms with E-state index in [-0.39, 0.29) is 6.79 Å². The predicted octanol–water partition coefficient (Wildman–Crippen LogP) is 2.20. The van der Waals surface area contributed by atoms with E-state index in [1.54, 1.807) is 4.68 Å². The topological polar surface area (TPSA) is 55.9 Å². The Kier molecular flexibility index (Phi) is 4.26. The van der Waals surface area contributed by atoms with Crippen molar-refractivity contribution < 1.29 is 13.9 Å². The summed E-state index contributed by atoms with van der Waals surface area (Å²) in [6.07, 6.45) is 0. The standard InChI is InChI=1S/C16H20N4O3S/c1-2-18-5-7-19(8-6-18)10-20-16(24)23-15(17-20)12-3-4-13-14(9-12)22-11-21-13/h3-4,9H,2,5-8,10-11H2,1H3. The van der Waals surface area contributed by atoms with Gasteiger partial charge in [0.2, 0.25) is 12.7 Å². The van der Waals surface area contributed by atoms with Crippen molar-refractivity contribution in [2.24, 2.45) is 0 Å². The van der Waals surface area contributed by atoms with Crippen molar-refractivity contribution in [3.63, 3.8) is 0 Å². The van der Waals surface area contributed by atoms with E-state index >= 15 is 0 Å². The Hall–Kier alpha value is -1.90. The summed E-state index contributed by atoms with van der Waals surface area (Å²) in [7, 11) is 0. The summed E-state index contributed by atoms with van der Waals surface area (Å²) in [5.74, 6) is 1.95. The fourth-order valence-corrected chi connectivity index (χ4v) is 3.16. The van der Waals surface area contributed by atoms with E-state index < -0.39 is 0 Å². The first-order chi connectivity index (χ1) is 11.7. The Morgan fingerprint density at radius 2 is 1.83 bits per heavy atom. The Labute approximate surface area is 145 Å². The summed E-state index contributed by atoms with van der Waals surface area (Å²) >= 11 is 5.33. The summed E-state index contributed by atoms with van der Waals surface area (Å²) in [4.78, 5) is 5.17. The van der Waals surface area contributed by atoms with Crippen molar-refractivity contribution >= 4 is 12.2 Å². The molecule has 0 atom stereocenters. The molecule has 0 unspecified atom stereocenters. The van der Waals surface area contributed by atoms with Gasteiger partial charge in [-0.1, -0.05) is 6.92 Å². The molecule has 0 N–H and O–H groups in total. The van der Waals surface area contributed by atoms with Crippen LogP contribution in [0.1, 0.15) is 6.92 Å². The molecule has 24 heavy (non-hydrogen) atoms. The van der Waals surface area contributed by atoms with Gasteiger partial charge in [0.15, 0.2) is 11.5 Å². The van der Waals surface area contributed by atoms with E-state index in [0.29, 0.717) is 23.1 Å². The molecule has 0 saturated carbocycles. The highest BCUT2D eigenvalue weighted by Crippen LogP contribution is 2.35. The molecule has 1 aromatic carbocycles. The number of likely N-dealkylation sites (N-methyl/N-ethyl adjacent to an activating group) is 1. The van der Waals surface area contributed by atoms with E-state index in [1.165, 1.54) is 0 Å². The maximum Gasteiger partial charge on any atom is 0.288 e. The minimum Gasteiger partial charge on any atom is -0.454 e. The maximum atomic E-state index is 5.68. The molecule has 2 aliphatic rings. The predicted molar refractivity (Wildman–Crippen MR) is 90.6 cm³/mol. The van der Waals surface area contributed by atoms with Gasteiger partial charge in [-0.3, -0.25) is 4.90 Å². The van der Waals surface area contributed by atoms with Gasteiger partial charge in [0.25, 0.3) is 4.84 Å². The Morgan fingerprint density at radius 3 is 2.62 bits per heavy atom. The van der Waals surface area contributed by atoms with Crippen molar-refractivity contribution in [1.82, 2.24) is 19.6 Å². The second-order valence-electron chi connectivity index (χ2n) is 5.93. The fraction of sp³-hybridized carbons (Fsp3) is 0.500. The Bertz CT molecular complexity index is 780. The fourth-order valence-electron chi connectivity index (χ4n) is 2.98. The van der Waals surface area contributed by atoms with Gasteiger partial charge < -0.3 is 18.8 Å². The van der Waals surface area contributed by atoms with Gasteiger partial charge in [-0.25, -0.2) is 4.68 Å². The van der Waals surface area contributed by atoms with Gasteiger partial charge >= 0.3 is 0 Å². The van der Waals surface area contributed by atoms with E-state index in [4.69, 9.17) is 26.1 Å². The van der Waals surface area contributed by atoms with Gasteiger partial charge in [-0.2, -0.15) is 0 Å². The van der Waals surface area contributed by atoms with Gasteiger partial charge in [-0.15, -0.1) is 5.10 Å². The SMILES string of the molecule is CCN1CCN(Cn2nc(-c3ccc4c(c3)OCO4)oc2=S)CC1. The lowest BCUT2D eigenvalue weighted by Gasteiger charge is -2.33. The number of ether oxygens (including phenoxy) is 2. The van der Waals surface area contributed by atoms with Crippen LogP contribution in [0.4, 0.5) is 0 Å². The number of hydrogen-bond donors (Lipinski definition) is 0. The molecule has 0 bridgehead atoms. The van der Waals surface area contributed by atoms with Gasteiger partial charge in [-0.05, 0) is 37.0 Å². The van der Waals surface area contributed by atoms with Crippen LogP contribution in [0.15, 0.2) is 22.6 Å². The number of nitrogens with zero attached hydrogens (tertiary/aromatic N) is 4. The smallest absolute Gasteiger partial charge is 0.288 e. The second-order valence-corrected chi connectivity index (χ2v) is 6.28. The third kappa shape index (κ3) is 3.04. The van der Waals surface area contributed by atoms with Crippen LogP contribution < -0.4 is 9.47 Å². The molecule has 1 saturated heterocycles. The van der Waals surface area contributed by atoms with Crippen molar-refractivity contribution in [1.29, 1.82) is 0 Å². The number of rotatable bonds is 4. The largest absolute Gasteiger partial charge is 0.454 e. The van der Waals surface area contributed by atoms with Crippen molar-refractivity contribution in [3.05, 3.63) is 23.0 Å². The number of fused-ring (bicyclic) bond motifs is 1. The van der Waals surface area contributed by atoms with Gasteiger partial charge in [0.1, 0.15) is 0 Å². The summed E-state index contributed by atoms with van der Waals surface area (Å²) < 4.78 is 18.2. The van der Waals surface area contributed by atoms with Crippen LogP contribution in [0.25, 0.3) is 11.5 Å². The van der Waals surface area contributed by atoms with Crippen LogP contribution in [-0.2, 0) is 6.67 Å². The first-order valence-electron chi connectivity index (χ1n) is 8.15. The summed E-state index contributed by atoms with van der Waals surface area (Å²) in [6.45, 7) is 8.40. The summed E-state index contributed by atoms with van der Waals surface area (Å²) in [5, 5.41) is 4.53. The highest BCUT2D eigenvalue weighted by Gasteiger charge is 2.19. The van der Waals surface area contributed by atoms with E-state index in [9.17, 15) is 0 Å². The molecule has 7 nitrogen and oxygen atoms in total. The van der Waals surface area contributed by atoms with E-state index in [0.717, 1.165) is 44.0 Å². The lowest BCUT2D eigenvalue weighted by molar-refractivity contribution is 0.105. The average Bonchev–Trinajstić information content (AvgIpc) is 3.22. The lowest BCUT2D eigenvalue weighted by atomic mass is 10.2. The van der Waals surface area contributed by atoms with Crippen LogP contribution in [0, 0.1) is 4.84 Å². The number of benzene rings is 1. The summed E-state index contributed by atoms with van der Waals surface area (Å²) in [6, 6.07) is 5.63. The van der Waals surface area contributed by atoms with Crippen molar-refractivity contribution in [2.45, 2.75) is 13.6 Å². The molecule has 2 aromatic rings. The minimum absolute atomic E-state index is 0.250. The van der Waals surface area contributed by atoms with E-state index in [1.807, 2.05) is 18.2 Å². The molecule has 1 fully saturated rings.